The molecule has 31 heavy (non-hydrogen) atoms. The first-order chi connectivity index (χ1) is 14.9. The summed E-state index contributed by atoms with van der Waals surface area (Å²) in [4.78, 5) is 15.7. The number of anilines is 1. The lowest BCUT2D eigenvalue weighted by atomic mass is 9.88. The molecule has 0 spiro atoms. The van der Waals surface area contributed by atoms with E-state index < -0.39 is 11.7 Å². The number of H-pyrrole nitrogens is 1. The van der Waals surface area contributed by atoms with Crippen LogP contribution in [0.15, 0.2) is 48.7 Å². The SMILES string of the molecule is O=C(Nc1c[nH]c2ccc(OCCc3ccc(C(F)(F)F)cc3)cc12)C1CCCCC1. The Bertz CT molecular complexity index is 1040. The van der Waals surface area contributed by atoms with Crippen molar-refractivity contribution in [2.24, 2.45) is 5.92 Å². The Balaban J connectivity index is 1.37. The first-order valence-corrected chi connectivity index (χ1v) is 10.6. The van der Waals surface area contributed by atoms with E-state index in [1.807, 2.05) is 18.2 Å². The number of amides is 1. The Labute approximate surface area is 178 Å². The van der Waals surface area contributed by atoms with Crippen molar-refractivity contribution in [3.63, 3.8) is 0 Å². The number of halogens is 3. The number of hydrogen-bond acceptors (Lipinski definition) is 2. The molecular formula is C24H25F3N2O2. The monoisotopic (exact) mass is 430 g/mol. The maximum Gasteiger partial charge on any atom is 0.416 e. The van der Waals surface area contributed by atoms with Gasteiger partial charge in [0.2, 0.25) is 5.91 Å². The number of fused-ring (bicyclic) bond motifs is 1. The number of nitrogens with one attached hydrogen (secondary N) is 2. The third kappa shape index (κ3) is 5.21. The molecule has 0 aliphatic heterocycles. The van der Waals surface area contributed by atoms with Gasteiger partial charge in [0.1, 0.15) is 5.75 Å². The molecule has 1 saturated carbocycles. The first kappa shape index (κ1) is 21.3. The van der Waals surface area contributed by atoms with Crippen LogP contribution in [-0.4, -0.2) is 17.5 Å². The van der Waals surface area contributed by atoms with Gasteiger partial charge in [-0.15, -0.1) is 0 Å². The number of carbonyl (C=O) groups excluding carboxylic acids is 1. The van der Waals surface area contributed by atoms with Gasteiger partial charge in [-0.3, -0.25) is 4.79 Å². The highest BCUT2D eigenvalue weighted by Gasteiger charge is 2.29. The molecule has 1 aliphatic carbocycles. The molecule has 1 aromatic heterocycles. The molecule has 0 unspecified atom stereocenters. The lowest BCUT2D eigenvalue weighted by Crippen LogP contribution is -2.24. The molecule has 4 nitrogen and oxygen atoms in total. The van der Waals surface area contributed by atoms with Crippen molar-refractivity contribution in [2.45, 2.75) is 44.7 Å². The zero-order valence-corrected chi connectivity index (χ0v) is 17.1. The number of alkyl halides is 3. The van der Waals surface area contributed by atoms with Gasteiger partial charge in [-0.25, -0.2) is 0 Å². The molecule has 1 fully saturated rings. The van der Waals surface area contributed by atoms with Crippen molar-refractivity contribution in [3.05, 3.63) is 59.8 Å². The molecule has 1 aliphatic rings. The van der Waals surface area contributed by atoms with Crippen LogP contribution in [0.25, 0.3) is 10.9 Å². The second kappa shape index (κ2) is 9.04. The summed E-state index contributed by atoms with van der Waals surface area (Å²) in [6, 6.07) is 10.7. The van der Waals surface area contributed by atoms with E-state index >= 15 is 0 Å². The topological polar surface area (TPSA) is 54.1 Å². The summed E-state index contributed by atoms with van der Waals surface area (Å²) in [6.45, 7) is 0.338. The highest BCUT2D eigenvalue weighted by Crippen LogP contribution is 2.31. The van der Waals surface area contributed by atoms with E-state index in [-0.39, 0.29) is 11.8 Å². The molecule has 0 atom stereocenters. The minimum atomic E-state index is -4.33. The third-order valence-corrected chi connectivity index (χ3v) is 5.83. The highest BCUT2D eigenvalue weighted by atomic mass is 19.4. The zero-order chi connectivity index (χ0) is 21.8. The van der Waals surface area contributed by atoms with E-state index in [0.29, 0.717) is 18.8 Å². The van der Waals surface area contributed by atoms with Gasteiger partial charge in [-0.05, 0) is 48.7 Å². The smallest absolute Gasteiger partial charge is 0.416 e. The standard InChI is InChI=1S/C24H25F3N2O2/c25-24(26,27)18-8-6-16(7-9-18)12-13-31-19-10-11-21-20(14-19)22(15-28-21)29-23(30)17-4-2-1-3-5-17/h6-11,14-15,17,28H,1-5,12-13H2,(H,29,30). The van der Waals surface area contributed by atoms with Crippen molar-refractivity contribution < 1.29 is 22.7 Å². The average molecular weight is 430 g/mol. The summed E-state index contributed by atoms with van der Waals surface area (Å²) < 4.78 is 43.8. The Morgan fingerprint density at radius 2 is 1.81 bits per heavy atom. The van der Waals surface area contributed by atoms with Crippen LogP contribution in [0.2, 0.25) is 0 Å². The van der Waals surface area contributed by atoms with Crippen LogP contribution in [-0.2, 0) is 17.4 Å². The minimum absolute atomic E-state index is 0.0641. The van der Waals surface area contributed by atoms with Crippen LogP contribution in [0, 0.1) is 5.92 Å². The number of aromatic nitrogens is 1. The fraction of sp³-hybridized carbons (Fsp3) is 0.375. The van der Waals surface area contributed by atoms with Gasteiger partial charge in [-0.2, -0.15) is 13.2 Å². The quantitative estimate of drug-likeness (QED) is 0.480. The second-order valence-corrected chi connectivity index (χ2v) is 8.03. The molecule has 0 saturated heterocycles. The largest absolute Gasteiger partial charge is 0.493 e. The average Bonchev–Trinajstić information content (AvgIpc) is 3.16. The van der Waals surface area contributed by atoms with Crippen LogP contribution >= 0.6 is 0 Å². The molecule has 0 bridgehead atoms. The van der Waals surface area contributed by atoms with Gasteiger partial charge in [0, 0.05) is 29.4 Å². The third-order valence-electron chi connectivity index (χ3n) is 5.83. The Hall–Kier alpha value is -2.96. The summed E-state index contributed by atoms with van der Waals surface area (Å²) in [7, 11) is 0. The minimum Gasteiger partial charge on any atom is -0.493 e. The van der Waals surface area contributed by atoms with Gasteiger partial charge >= 0.3 is 6.18 Å². The summed E-state index contributed by atoms with van der Waals surface area (Å²) in [5.74, 6) is 0.781. The Morgan fingerprint density at radius 3 is 2.52 bits per heavy atom. The van der Waals surface area contributed by atoms with Crippen molar-refractivity contribution in [1.29, 1.82) is 0 Å². The van der Waals surface area contributed by atoms with Gasteiger partial charge in [0.05, 0.1) is 17.9 Å². The molecule has 7 heteroatoms. The normalized spacial score (nSPS) is 15.2. The van der Waals surface area contributed by atoms with E-state index in [9.17, 15) is 18.0 Å². The number of carbonyl (C=O) groups is 1. The van der Waals surface area contributed by atoms with E-state index in [0.717, 1.165) is 60.0 Å². The number of ether oxygens (including phenoxy) is 1. The number of hydrogen-bond donors (Lipinski definition) is 2. The van der Waals surface area contributed by atoms with Crippen molar-refractivity contribution in [1.82, 2.24) is 4.98 Å². The van der Waals surface area contributed by atoms with E-state index in [2.05, 4.69) is 10.3 Å². The maximum atomic E-state index is 12.7. The first-order valence-electron chi connectivity index (χ1n) is 10.6. The molecule has 2 N–H and O–H groups in total. The van der Waals surface area contributed by atoms with E-state index in [1.165, 1.54) is 18.6 Å². The molecule has 3 aromatic rings. The maximum absolute atomic E-state index is 12.7. The van der Waals surface area contributed by atoms with Crippen molar-refractivity contribution >= 4 is 22.5 Å². The molecule has 4 rings (SSSR count). The Kier molecular flexibility index (Phi) is 6.20. The highest BCUT2D eigenvalue weighted by molar-refractivity contribution is 6.02. The number of rotatable bonds is 6. The summed E-state index contributed by atoms with van der Waals surface area (Å²) in [6.07, 6.45) is 3.23. The van der Waals surface area contributed by atoms with Crippen LogP contribution in [0.5, 0.6) is 5.75 Å². The molecule has 164 valence electrons. The van der Waals surface area contributed by atoms with Crippen molar-refractivity contribution in [2.75, 3.05) is 11.9 Å². The number of benzene rings is 2. The second-order valence-electron chi connectivity index (χ2n) is 8.03. The fourth-order valence-electron chi connectivity index (χ4n) is 4.04. The van der Waals surface area contributed by atoms with Crippen LogP contribution in [0.4, 0.5) is 18.9 Å². The van der Waals surface area contributed by atoms with E-state index in [4.69, 9.17) is 4.74 Å². The molecule has 2 aromatic carbocycles. The van der Waals surface area contributed by atoms with E-state index in [1.54, 1.807) is 6.20 Å². The van der Waals surface area contributed by atoms with Crippen LogP contribution in [0.3, 0.4) is 0 Å². The van der Waals surface area contributed by atoms with Gasteiger partial charge in [0.25, 0.3) is 0 Å². The van der Waals surface area contributed by atoms with Crippen LogP contribution in [0.1, 0.15) is 43.2 Å². The predicted molar refractivity (Wildman–Crippen MR) is 114 cm³/mol. The summed E-state index contributed by atoms with van der Waals surface area (Å²) in [5, 5.41) is 3.92. The Morgan fingerprint density at radius 1 is 1.06 bits per heavy atom. The molecular weight excluding hydrogens is 405 g/mol. The van der Waals surface area contributed by atoms with Gasteiger partial charge in [-0.1, -0.05) is 31.4 Å². The lowest BCUT2D eigenvalue weighted by Gasteiger charge is -2.20. The molecule has 0 radical (unpaired) electrons. The fourth-order valence-corrected chi connectivity index (χ4v) is 4.04. The predicted octanol–water partition coefficient (Wildman–Crippen LogP) is 6.33. The summed E-state index contributed by atoms with van der Waals surface area (Å²) >= 11 is 0. The lowest BCUT2D eigenvalue weighted by molar-refractivity contribution is -0.137. The summed E-state index contributed by atoms with van der Waals surface area (Å²) in [5.41, 5.74) is 1.75. The number of aromatic amines is 1. The zero-order valence-electron chi connectivity index (χ0n) is 17.1. The van der Waals surface area contributed by atoms with Crippen molar-refractivity contribution in [3.8, 4) is 5.75 Å². The molecule has 1 heterocycles. The van der Waals surface area contributed by atoms with Gasteiger partial charge in [0.15, 0.2) is 0 Å². The van der Waals surface area contributed by atoms with Crippen LogP contribution < -0.4 is 10.1 Å². The molecule has 1 amide bonds. The van der Waals surface area contributed by atoms with Gasteiger partial charge < -0.3 is 15.0 Å².